The molecule has 5 aromatic rings. The number of rotatable bonds is 14. The minimum absolute atomic E-state index is 0.0632. The fourth-order valence-corrected chi connectivity index (χ4v) is 4.77. The summed E-state index contributed by atoms with van der Waals surface area (Å²) in [6.07, 6.45) is 8.39. The first-order valence-corrected chi connectivity index (χ1v) is 15.6. The van der Waals surface area contributed by atoms with Crippen LogP contribution in [0.15, 0.2) is 39.2 Å². The van der Waals surface area contributed by atoms with E-state index in [0.717, 1.165) is 25.7 Å². The molecule has 21 heteroatoms. The Morgan fingerprint density at radius 2 is 1.14 bits per heavy atom. The number of azo groups is 2. The molecule has 50 heavy (non-hydrogen) atoms. The Bertz CT molecular complexity index is 1930. The third-order valence-corrected chi connectivity index (χ3v) is 7.50. The van der Waals surface area contributed by atoms with E-state index in [4.69, 9.17) is 20.9 Å². The summed E-state index contributed by atoms with van der Waals surface area (Å²) in [5.41, 5.74) is 15.1. The highest BCUT2D eigenvalue weighted by Crippen LogP contribution is 2.34. The minimum atomic E-state index is -0.608. The van der Waals surface area contributed by atoms with Crippen molar-refractivity contribution in [3.05, 3.63) is 41.2 Å². The van der Waals surface area contributed by atoms with Crippen LogP contribution in [0.1, 0.15) is 71.6 Å². The highest BCUT2D eigenvalue weighted by atomic mass is 16.5. The molecular formula is C29H37N17O4. The molecule has 262 valence electrons. The van der Waals surface area contributed by atoms with Crippen molar-refractivity contribution in [3.8, 4) is 11.9 Å². The third-order valence-electron chi connectivity index (χ3n) is 7.50. The van der Waals surface area contributed by atoms with Crippen LogP contribution in [0.25, 0.3) is 11.9 Å². The maximum Gasteiger partial charge on any atom is 0.343 e. The molecule has 0 unspecified atom stereocenters. The van der Waals surface area contributed by atoms with Gasteiger partial charge in [-0.25, -0.2) is 19.0 Å². The Kier molecular flexibility index (Phi) is 10.6. The number of nitrogens with two attached hydrogens (primary N) is 2. The van der Waals surface area contributed by atoms with Crippen molar-refractivity contribution in [2.75, 3.05) is 25.7 Å². The zero-order chi connectivity index (χ0) is 35.9. The van der Waals surface area contributed by atoms with Crippen LogP contribution in [0, 0.1) is 0 Å². The largest absolute Gasteiger partial charge is 0.465 e. The molecule has 0 atom stereocenters. The molecule has 0 saturated heterocycles. The number of hydrogen-bond donors (Lipinski definition) is 2. The Morgan fingerprint density at radius 3 is 1.52 bits per heavy atom. The SMILES string of the molecule is CCCCc1nn(-c2ncnc(-n3nc(CCCC)c(N=Nc4c(C(=O)OC)cnn4C)c3N)n2)c(N)c1N=Nc1c(C(=O)OC)cnn1C. The van der Waals surface area contributed by atoms with E-state index in [-0.39, 0.29) is 57.7 Å². The second kappa shape index (κ2) is 15.2. The second-order valence-electron chi connectivity index (χ2n) is 10.9. The van der Waals surface area contributed by atoms with Crippen molar-refractivity contribution in [3.63, 3.8) is 0 Å². The molecular weight excluding hydrogens is 650 g/mol. The van der Waals surface area contributed by atoms with Crippen LogP contribution in [0.3, 0.4) is 0 Å². The Morgan fingerprint density at radius 1 is 0.720 bits per heavy atom. The van der Waals surface area contributed by atoms with Crippen LogP contribution in [-0.2, 0) is 36.4 Å². The van der Waals surface area contributed by atoms with Crippen molar-refractivity contribution in [2.45, 2.75) is 52.4 Å². The topological polar surface area (TPSA) is 264 Å². The molecule has 0 aliphatic carbocycles. The smallest absolute Gasteiger partial charge is 0.343 e. The first kappa shape index (κ1) is 34.9. The molecule has 0 bridgehead atoms. The minimum Gasteiger partial charge on any atom is -0.465 e. The molecule has 5 aromatic heterocycles. The van der Waals surface area contributed by atoms with Crippen LogP contribution in [0.5, 0.6) is 0 Å². The van der Waals surface area contributed by atoms with Gasteiger partial charge in [0.25, 0.3) is 11.9 Å². The standard InChI is InChI=1S/C29H37N17O4/c1-7-9-11-18-20(37-39-24-16(26(47)49-5)13-34-43(24)3)22(30)45(41-18)28-32-15-33-29(36-28)46-23(31)21(19(42-46)12-10-8-2)38-40-25-17(27(48)50-6)14-35-44(25)4/h13-15H,7-12,30-31H2,1-6H3. The van der Waals surface area contributed by atoms with Crippen LogP contribution < -0.4 is 11.5 Å². The van der Waals surface area contributed by atoms with Gasteiger partial charge in [-0.2, -0.15) is 44.7 Å². The Balaban J connectivity index is 1.55. The van der Waals surface area contributed by atoms with E-state index < -0.39 is 11.9 Å². The second-order valence-corrected chi connectivity index (χ2v) is 10.9. The van der Waals surface area contributed by atoms with Gasteiger partial charge in [0.05, 0.1) is 38.0 Å². The van der Waals surface area contributed by atoms with Crippen molar-refractivity contribution in [1.82, 2.24) is 54.1 Å². The van der Waals surface area contributed by atoms with Gasteiger partial charge in [0, 0.05) is 14.1 Å². The molecule has 4 N–H and O–H groups in total. The number of nitrogens with zero attached hydrogens (tertiary/aromatic N) is 15. The van der Waals surface area contributed by atoms with Gasteiger partial charge in [-0.3, -0.25) is 0 Å². The van der Waals surface area contributed by atoms with Crippen LogP contribution >= 0.6 is 0 Å². The monoisotopic (exact) mass is 687 g/mol. The summed E-state index contributed by atoms with van der Waals surface area (Å²) in [7, 11) is 5.78. The summed E-state index contributed by atoms with van der Waals surface area (Å²) in [6.45, 7) is 4.09. The molecule has 0 spiro atoms. The van der Waals surface area contributed by atoms with Crippen molar-refractivity contribution in [2.24, 2.45) is 34.6 Å². The lowest BCUT2D eigenvalue weighted by molar-refractivity contribution is 0.0592. The molecule has 21 nitrogen and oxygen atoms in total. The molecule has 0 radical (unpaired) electrons. The molecule has 5 heterocycles. The van der Waals surface area contributed by atoms with E-state index in [1.165, 1.54) is 51.7 Å². The van der Waals surface area contributed by atoms with Crippen LogP contribution in [-0.4, -0.2) is 80.2 Å². The zero-order valence-electron chi connectivity index (χ0n) is 28.5. The predicted molar refractivity (Wildman–Crippen MR) is 178 cm³/mol. The fourth-order valence-electron chi connectivity index (χ4n) is 4.77. The van der Waals surface area contributed by atoms with Gasteiger partial charge in [0.15, 0.2) is 34.6 Å². The maximum atomic E-state index is 12.2. The van der Waals surface area contributed by atoms with E-state index in [1.54, 1.807) is 14.1 Å². The lowest BCUT2D eigenvalue weighted by Crippen LogP contribution is -2.12. The molecule has 0 aliphatic rings. The number of ether oxygens (including phenoxy) is 2. The fraction of sp³-hybridized carbons (Fsp3) is 0.414. The Labute approximate surface area is 285 Å². The summed E-state index contributed by atoms with van der Waals surface area (Å²) < 4.78 is 15.1. The molecule has 0 fully saturated rings. The first-order valence-electron chi connectivity index (χ1n) is 15.6. The summed E-state index contributed by atoms with van der Waals surface area (Å²) >= 11 is 0. The van der Waals surface area contributed by atoms with E-state index in [2.05, 4.69) is 55.8 Å². The number of unbranched alkanes of at least 4 members (excludes halogenated alkanes) is 2. The Hall–Kier alpha value is -6.41. The lowest BCUT2D eigenvalue weighted by Gasteiger charge is -2.05. The average Bonchev–Trinajstić information content (AvgIpc) is 3.86. The summed E-state index contributed by atoms with van der Waals surface area (Å²) in [4.78, 5) is 37.6. The molecule has 0 aromatic carbocycles. The van der Waals surface area contributed by atoms with E-state index in [9.17, 15) is 9.59 Å². The van der Waals surface area contributed by atoms with Crippen LogP contribution in [0.2, 0.25) is 0 Å². The zero-order valence-corrected chi connectivity index (χ0v) is 28.5. The number of methoxy groups -OCH3 is 2. The van der Waals surface area contributed by atoms with Gasteiger partial charge >= 0.3 is 11.9 Å². The summed E-state index contributed by atoms with van der Waals surface area (Å²) in [5.74, 6) is -0.532. The van der Waals surface area contributed by atoms with Gasteiger partial charge in [-0.05, 0) is 25.7 Å². The third kappa shape index (κ3) is 6.91. The number of hydrogen-bond acceptors (Lipinski definition) is 17. The molecule has 0 aliphatic heterocycles. The first-order chi connectivity index (χ1) is 24.1. The van der Waals surface area contributed by atoms with Crippen molar-refractivity contribution in [1.29, 1.82) is 0 Å². The number of anilines is 2. The normalized spacial score (nSPS) is 11.6. The summed E-state index contributed by atoms with van der Waals surface area (Å²) in [5, 5.41) is 34.8. The van der Waals surface area contributed by atoms with Gasteiger partial charge in [-0.1, -0.05) is 26.7 Å². The summed E-state index contributed by atoms with van der Waals surface area (Å²) in [6, 6.07) is 0. The highest BCUT2D eigenvalue weighted by Gasteiger charge is 2.24. The average molecular weight is 688 g/mol. The highest BCUT2D eigenvalue weighted by molar-refractivity contribution is 5.94. The lowest BCUT2D eigenvalue weighted by atomic mass is 10.2. The molecule has 0 saturated carbocycles. The number of aryl methyl sites for hydroxylation is 4. The number of esters is 2. The molecule has 5 rings (SSSR count). The van der Waals surface area contributed by atoms with E-state index >= 15 is 0 Å². The van der Waals surface area contributed by atoms with Gasteiger partial charge in [0.1, 0.15) is 17.5 Å². The quantitative estimate of drug-likeness (QED) is 0.124. The van der Waals surface area contributed by atoms with Gasteiger partial charge in [0.2, 0.25) is 0 Å². The van der Waals surface area contributed by atoms with Gasteiger partial charge in [-0.15, -0.1) is 20.5 Å². The number of carbonyl (C=O) groups is 2. The van der Waals surface area contributed by atoms with Gasteiger partial charge < -0.3 is 20.9 Å². The molecule has 0 amide bonds. The number of aromatic nitrogens is 11. The van der Waals surface area contributed by atoms with E-state index in [0.29, 0.717) is 24.2 Å². The van der Waals surface area contributed by atoms with Crippen LogP contribution in [0.4, 0.5) is 34.6 Å². The predicted octanol–water partition coefficient (Wildman–Crippen LogP) is 3.96. The van der Waals surface area contributed by atoms with E-state index in [1.807, 2.05) is 13.8 Å². The number of nitrogen functional groups attached to an aromatic ring is 2. The number of carbonyl (C=O) groups excluding carboxylic acids is 2. The maximum absolute atomic E-state index is 12.2. The van der Waals surface area contributed by atoms with Crippen molar-refractivity contribution >= 4 is 46.6 Å². The van der Waals surface area contributed by atoms with Crippen molar-refractivity contribution < 1.29 is 19.1 Å².